The Morgan fingerprint density at radius 3 is 2.32 bits per heavy atom. The number of primary sulfonamides is 1. The molecule has 7 heteroatoms. The fraction of sp³-hybridized carbons (Fsp3) is 0.167. The molecule has 2 rings (SSSR count). The number of halogens is 1. The molecule has 0 atom stereocenters. The summed E-state index contributed by atoms with van der Waals surface area (Å²) < 4.78 is 23.3. The minimum absolute atomic E-state index is 0.137. The van der Waals surface area contributed by atoms with Crippen molar-refractivity contribution in [2.75, 3.05) is 0 Å². The fourth-order valence-corrected chi connectivity index (χ4v) is 3.31. The van der Waals surface area contributed by atoms with Crippen LogP contribution in [0.2, 0.25) is 0 Å². The Labute approximate surface area is 124 Å². The molecule has 1 aromatic carbocycles. The van der Waals surface area contributed by atoms with Crippen LogP contribution in [-0.2, 0) is 23.1 Å². The minimum atomic E-state index is -3.60. The number of rotatable bonds is 5. The van der Waals surface area contributed by atoms with Crippen LogP contribution >= 0.6 is 27.3 Å². The lowest BCUT2D eigenvalue weighted by Crippen LogP contribution is -2.14. The first-order valence-electron chi connectivity index (χ1n) is 5.50. The number of benzene rings is 1. The van der Waals surface area contributed by atoms with Crippen LogP contribution in [0.4, 0.5) is 0 Å². The van der Waals surface area contributed by atoms with Gasteiger partial charge in [-0.05, 0) is 50.6 Å². The van der Waals surface area contributed by atoms with Crippen LogP contribution in [-0.4, -0.2) is 8.42 Å². The van der Waals surface area contributed by atoms with Crippen LogP contribution in [0.5, 0.6) is 0 Å². The lowest BCUT2D eigenvalue weighted by atomic mass is 10.2. The van der Waals surface area contributed by atoms with Gasteiger partial charge in [0.15, 0.2) is 0 Å². The summed E-state index contributed by atoms with van der Waals surface area (Å²) in [5, 5.41) is 10.4. The van der Waals surface area contributed by atoms with E-state index in [1.165, 1.54) is 17.7 Å². The highest BCUT2D eigenvalue weighted by atomic mass is 79.9. The Balaban J connectivity index is 1.90. The Hall–Kier alpha value is -0.730. The summed E-state index contributed by atoms with van der Waals surface area (Å²) in [6, 6.07) is 8.63. The number of sulfonamides is 1. The van der Waals surface area contributed by atoms with E-state index in [9.17, 15) is 8.42 Å². The van der Waals surface area contributed by atoms with Crippen molar-refractivity contribution in [1.82, 2.24) is 5.32 Å². The average molecular weight is 361 g/mol. The summed E-state index contributed by atoms with van der Waals surface area (Å²) in [4.78, 5) is 0.137. The van der Waals surface area contributed by atoms with Gasteiger partial charge in [0.05, 0.1) is 8.68 Å². The SMILES string of the molecule is NS(=O)(=O)c1ccc(CNCc2csc(Br)c2)cc1. The predicted octanol–water partition coefficient (Wildman–Crippen LogP) is 2.45. The molecular formula is C12H13BrN2O2S2. The molecule has 0 saturated carbocycles. The topological polar surface area (TPSA) is 72.2 Å². The van der Waals surface area contributed by atoms with Crippen LogP contribution in [0.3, 0.4) is 0 Å². The highest BCUT2D eigenvalue weighted by Crippen LogP contribution is 2.20. The minimum Gasteiger partial charge on any atom is -0.309 e. The molecule has 0 radical (unpaired) electrons. The highest BCUT2D eigenvalue weighted by molar-refractivity contribution is 9.11. The van der Waals surface area contributed by atoms with E-state index < -0.39 is 10.0 Å². The van der Waals surface area contributed by atoms with Crippen molar-refractivity contribution in [3.63, 3.8) is 0 Å². The van der Waals surface area contributed by atoms with E-state index in [-0.39, 0.29) is 4.90 Å². The molecule has 0 aliphatic heterocycles. The number of hydrogen-bond donors (Lipinski definition) is 2. The Bertz CT molecular complexity index is 651. The summed E-state index contributed by atoms with van der Waals surface area (Å²) in [6.07, 6.45) is 0. The van der Waals surface area contributed by atoms with Gasteiger partial charge in [0.1, 0.15) is 0 Å². The lowest BCUT2D eigenvalue weighted by molar-refractivity contribution is 0.597. The molecule has 0 fully saturated rings. The fourth-order valence-electron chi connectivity index (χ4n) is 1.59. The third-order valence-corrected chi connectivity index (χ3v) is 5.01. The summed E-state index contributed by atoms with van der Waals surface area (Å²) in [6.45, 7) is 1.46. The normalized spacial score (nSPS) is 11.7. The van der Waals surface area contributed by atoms with Crippen LogP contribution in [0.15, 0.2) is 44.4 Å². The molecule has 0 amide bonds. The van der Waals surface area contributed by atoms with Gasteiger partial charge in [0.25, 0.3) is 0 Å². The van der Waals surface area contributed by atoms with Gasteiger partial charge in [0.2, 0.25) is 10.0 Å². The summed E-state index contributed by atoms with van der Waals surface area (Å²) in [7, 11) is -3.60. The quantitative estimate of drug-likeness (QED) is 0.859. The van der Waals surface area contributed by atoms with Gasteiger partial charge in [-0.2, -0.15) is 0 Å². The van der Waals surface area contributed by atoms with Crippen molar-refractivity contribution in [2.24, 2.45) is 5.14 Å². The second-order valence-corrected chi connectivity index (χ2v) is 7.90. The van der Waals surface area contributed by atoms with Gasteiger partial charge in [-0.1, -0.05) is 12.1 Å². The second kappa shape index (κ2) is 6.15. The zero-order valence-electron chi connectivity index (χ0n) is 9.97. The van der Waals surface area contributed by atoms with Gasteiger partial charge in [-0.15, -0.1) is 11.3 Å². The molecule has 102 valence electrons. The predicted molar refractivity (Wildman–Crippen MR) is 80.4 cm³/mol. The van der Waals surface area contributed by atoms with Gasteiger partial charge in [-0.3, -0.25) is 0 Å². The molecule has 0 unspecified atom stereocenters. The van der Waals surface area contributed by atoms with E-state index in [0.717, 1.165) is 15.9 Å². The van der Waals surface area contributed by atoms with Crippen molar-refractivity contribution in [2.45, 2.75) is 18.0 Å². The molecule has 0 aliphatic carbocycles. The highest BCUT2D eigenvalue weighted by Gasteiger charge is 2.06. The molecule has 0 saturated heterocycles. The van der Waals surface area contributed by atoms with Gasteiger partial charge in [-0.25, -0.2) is 13.6 Å². The first-order chi connectivity index (χ1) is 8.95. The molecule has 0 aliphatic rings. The van der Waals surface area contributed by atoms with Crippen LogP contribution in [0.25, 0.3) is 0 Å². The summed E-state index contributed by atoms with van der Waals surface area (Å²) in [5.74, 6) is 0. The Morgan fingerprint density at radius 1 is 1.16 bits per heavy atom. The molecular weight excluding hydrogens is 348 g/mol. The van der Waals surface area contributed by atoms with E-state index in [0.29, 0.717) is 6.54 Å². The summed E-state index contributed by atoms with van der Waals surface area (Å²) >= 11 is 5.07. The van der Waals surface area contributed by atoms with Crippen molar-refractivity contribution in [3.05, 3.63) is 50.6 Å². The number of thiophene rings is 1. The van der Waals surface area contributed by atoms with Gasteiger partial charge < -0.3 is 5.32 Å². The number of nitrogens with one attached hydrogen (secondary N) is 1. The van der Waals surface area contributed by atoms with E-state index in [1.807, 2.05) is 0 Å². The molecule has 2 aromatic rings. The van der Waals surface area contributed by atoms with Crippen molar-refractivity contribution < 1.29 is 8.42 Å². The number of nitrogens with two attached hydrogens (primary N) is 1. The molecule has 19 heavy (non-hydrogen) atoms. The number of hydrogen-bond acceptors (Lipinski definition) is 4. The maximum atomic E-state index is 11.1. The lowest BCUT2D eigenvalue weighted by Gasteiger charge is -2.04. The van der Waals surface area contributed by atoms with E-state index >= 15 is 0 Å². The third-order valence-electron chi connectivity index (χ3n) is 2.53. The van der Waals surface area contributed by atoms with E-state index in [4.69, 9.17) is 5.14 Å². The zero-order valence-corrected chi connectivity index (χ0v) is 13.2. The smallest absolute Gasteiger partial charge is 0.238 e. The molecule has 4 nitrogen and oxygen atoms in total. The first kappa shape index (κ1) is 14.7. The second-order valence-electron chi connectivity index (χ2n) is 4.05. The van der Waals surface area contributed by atoms with Gasteiger partial charge in [0, 0.05) is 13.1 Å². The van der Waals surface area contributed by atoms with Crippen molar-refractivity contribution >= 4 is 37.3 Å². The van der Waals surface area contributed by atoms with Crippen molar-refractivity contribution in [1.29, 1.82) is 0 Å². The molecule has 0 bridgehead atoms. The maximum absolute atomic E-state index is 11.1. The first-order valence-corrected chi connectivity index (χ1v) is 8.72. The van der Waals surface area contributed by atoms with E-state index in [2.05, 4.69) is 32.7 Å². The molecule has 3 N–H and O–H groups in total. The maximum Gasteiger partial charge on any atom is 0.238 e. The van der Waals surface area contributed by atoms with Gasteiger partial charge >= 0.3 is 0 Å². The third kappa shape index (κ3) is 4.39. The monoisotopic (exact) mass is 360 g/mol. The Kier molecular flexibility index (Phi) is 4.75. The van der Waals surface area contributed by atoms with Crippen LogP contribution < -0.4 is 10.5 Å². The standard InChI is InChI=1S/C12H13BrN2O2S2/c13-12-5-10(8-18-12)7-15-6-9-1-3-11(4-2-9)19(14,16)17/h1-5,8,15H,6-7H2,(H2,14,16,17). The Morgan fingerprint density at radius 2 is 1.79 bits per heavy atom. The molecule has 1 heterocycles. The molecule has 1 aromatic heterocycles. The van der Waals surface area contributed by atoms with Crippen LogP contribution in [0, 0.1) is 0 Å². The summed E-state index contributed by atoms with van der Waals surface area (Å²) in [5.41, 5.74) is 2.24. The van der Waals surface area contributed by atoms with Crippen molar-refractivity contribution in [3.8, 4) is 0 Å². The van der Waals surface area contributed by atoms with E-state index in [1.54, 1.807) is 23.5 Å². The zero-order chi connectivity index (χ0) is 13.9. The van der Waals surface area contributed by atoms with Crippen LogP contribution in [0.1, 0.15) is 11.1 Å². The largest absolute Gasteiger partial charge is 0.309 e. The average Bonchev–Trinajstić information content (AvgIpc) is 2.75. The molecule has 0 spiro atoms.